The summed E-state index contributed by atoms with van der Waals surface area (Å²) in [6.45, 7) is 38.1. The fourth-order valence-electron chi connectivity index (χ4n) is 5.10. The van der Waals surface area contributed by atoms with Crippen LogP contribution in [0.2, 0.25) is 0 Å². The second-order valence-corrected chi connectivity index (χ2v) is 14.1. The Kier molecular flexibility index (Phi) is 27.1. The van der Waals surface area contributed by atoms with Crippen molar-refractivity contribution in [2.45, 2.75) is 146 Å². The zero-order chi connectivity index (χ0) is 38.6. The van der Waals surface area contributed by atoms with Gasteiger partial charge < -0.3 is 0 Å². The molecule has 0 heteroatoms. The predicted molar refractivity (Wildman–Crippen MR) is 248 cm³/mol. The summed E-state index contributed by atoms with van der Waals surface area (Å²) in [6, 6.07) is 31.7. The van der Waals surface area contributed by atoms with Crippen molar-refractivity contribution in [1.82, 2.24) is 0 Å². The van der Waals surface area contributed by atoms with E-state index in [0.717, 1.165) is 0 Å². The van der Waals surface area contributed by atoms with Gasteiger partial charge in [-0.25, -0.2) is 0 Å². The first-order chi connectivity index (χ1) is 23.7. The summed E-state index contributed by atoms with van der Waals surface area (Å²) in [6.07, 6.45) is 5.65. The minimum absolute atomic E-state index is 0. The quantitative estimate of drug-likeness (QED) is 0.163. The monoisotopic (exact) mass is 705 g/mol. The molecule has 0 amide bonds. The van der Waals surface area contributed by atoms with Gasteiger partial charge in [-0.2, -0.15) is 0 Å². The molecule has 0 aliphatic carbocycles. The molecule has 0 radical (unpaired) electrons. The number of fused-ring (bicyclic) bond motifs is 2. The summed E-state index contributed by atoms with van der Waals surface area (Å²) >= 11 is 0. The largest absolute Gasteiger partial charge is 0.0776 e. The van der Waals surface area contributed by atoms with Gasteiger partial charge in [-0.05, 0) is 125 Å². The van der Waals surface area contributed by atoms with Gasteiger partial charge >= 0.3 is 0 Å². The fourth-order valence-corrected chi connectivity index (χ4v) is 5.10. The van der Waals surface area contributed by atoms with Crippen LogP contribution in [0.25, 0.3) is 49.4 Å². The van der Waals surface area contributed by atoms with Crippen LogP contribution in [0.3, 0.4) is 0 Å². The van der Waals surface area contributed by atoms with Crippen molar-refractivity contribution >= 4 is 27.1 Å². The Morgan fingerprint density at radius 2 is 0.904 bits per heavy atom. The third kappa shape index (κ3) is 16.6. The van der Waals surface area contributed by atoms with Crippen molar-refractivity contribution < 1.29 is 0 Å². The van der Waals surface area contributed by atoms with Crippen molar-refractivity contribution in [3.63, 3.8) is 0 Å². The van der Waals surface area contributed by atoms with E-state index in [-0.39, 0.29) is 14.9 Å². The van der Waals surface area contributed by atoms with E-state index < -0.39 is 0 Å². The summed E-state index contributed by atoms with van der Waals surface area (Å²) in [4.78, 5) is 0. The molecule has 52 heavy (non-hydrogen) atoms. The van der Waals surface area contributed by atoms with Crippen molar-refractivity contribution in [1.29, 1.82) is 0 Å². The molecule has 0 spiro atoms. The maximum Gasteiger partial charge on any atom is -0.00672 e. The minimum atomic E-state index is 0. The highest BCUT2D eigenvalue weighted by molar-refractivity contribution is 6.08. The summed E-state index contributed by atoms with van der Waals surface area (Å²) in [5, 5.41) is 5.19. The van der Waals surface area contributed by atoms with Crippen LogP contribution in [0.15, 0.2) is 103 Å². The molecule has 0 saturated heterocycles. The Bertz CT molecular complexity index is 1760. The van der Waals surface area contributed by atoms with E-state index >= 15 is 0 Å². The number of allylic oxidation sites excluding steroid dienone is 4. The van der Waals surface area contributed by atoms with Crippen molar-refractivity contribution in [3.8, 4) is 22.3 Å². The standard InChI is InChI=1S/C36H34.C5H12.C3H8.3C2H6.2CH4/c1-23(2)7-10-25(4)29-17-19-33-31(21-29)15-11-26(5)35(33)36-27(6)12-16-32-22-30(18-20-34(32)36)28-13-8-24(3)9-14-28;1-5(2,3)4;1-3-2;3*1-2;;/h7-22H,1-6H3;1-4H3;3H2,1-2H3;3*1-2H3;2*1H4/b25-10+;;;;;;;. The number of aryl methyl sites for hydroxylation is 3. The van der Waals surface area contributed by atoms with E-state index in [4.69, 9.17) is 0 Å². The average Bonchev–Trinajstić information content (AvgIpc) is 3.10. The summed E-state index contributed by atoms with van der Waals surface area (Å²) < 4.78 is 0. The van der Waals surface area contributed by atoms with Crippen LogP contribution in [-0.2, 0) is 0 Å². The highest BCUT2D eigenvalue weighted by atomic mass is 14.2. The van der Waals surface area contributed by atoms with Crippen molar-refractivity contribution in [3.05, 3.63) is 125 Å². The van der Waals surface area contributed by atoms with Crippen LogP contribution in [0.4, 0.5) is 0 Å². The van der Waals surface area contributed by atoms with Gasteiger partial charge in [0.05, 0.1) is 0 Å². The Balaban J connectivity index is -0.00000132. The van der Waals surface area contributed by atoms with Gasteiger partial charge in [0.1, 0.15) is 0 Å². The first kappa shape index (κ1) is 52.5. The van der Waals surface area contributed by atoms with Crippen LogP contribution < -0.4 is 0 Å². The number of hydrogen-bond acceptors (Lipinski definition) is 0. The minimum Gasteiger partial charge on any atom is -0.0776 e. The summed E-state index contributed by atoms with van der Waals surface area (Å²) in [5.74, 6) is 0. The molecule has 0 atom stereocenters. The van der Waals surface area contributed by atoms with Crippen LogP contribution in [-0.4, -0.2) is 0 Å². The van der Waals surface area contributed by atoms with Crippen LogP contribution >= 0.6 is 0 Å². The lowest BCUT2D eigenvalue weighted by Crippen LogP contribution is -1.93. The molecule has 0 aliphatic heterocycles. The first-order valence-electron chi connectivity index (χ1n) is 19.2. The molecule has 288 valence electrons. The Morgan fingerprint density at radius 1 is 0.519 bits per heavy atom. The van der Waals surface area contributed by atoms with Gasteiger partial charge in [0.25, 0.3) is 0 Å². The summed E-state index contributed by atoms with van der Waals surface area (Å²) in [5.41, 5.74) is 13.5. The van der Waals surface area contributed by atoms with Crippen LogP contribution in [0.5, 0.6) is 0 Å². The zero-order valence-electron chi connectivity index (χ0n) is 35.4. The normalized spacial score (nSPS) is 10.0. The lowest BCUT2D eigenvalue weighted by Gasteiger charge is -2.17. The number of benzene rings is 5. The number of hydrogen-bond donors (Lipinski definition) is 0. The third-order valence-electron chi connectivity index (χ3n) is 7.21. The lowest BCUT2D eigenvalue weighted by molar-refractivity contribution is 0.469. The van der Waals surface area contributed by atoms with Crippen molar-refractivity contribution in [2.24, 2.45) is 5.41 Å². The zero-order valence-corrected chi connectivity index (χ0v) is 35.4. The van der Waals surface area contributed by atoms with Gasteiger partial charge in [-0.1, -0.05) is 200 Å². The molecule has 0 bridgehead atoms. The van der Waals surface area contributed by atoms with Crippen LogP contribution in [0, 0.1) is 26.2 Å². The summed E-state index contributed by atoms with van der Waals surface area (Å²) in [7, 11) is 0. The molecule has 0 heterocycles. The van der Waals surface area contributed by atoms with E-state index in [1.54, 1.807) is 0 Å². The first-order valence-corrected chi connectivity index (χ1v) is 19.2. The fraction of sp³-hybridized carbons (Fsp3) is 0.423. The molecule has 0 N–H and O–H groups in total. The van der Waals surface area contributed by atoms with Crippen LogP contribution in [0.1, 0.15) is 147 Å². The second kappa shape index (κ2) is 26.8. The Morgan fingerprint density at radius 3 is 1.33 bits per heavy atom. The molecule has 5 aromatic rings. The molecule has 5 aromatic carbocycles. The average molecular weight is 705 g/mol. The third-order valence-corrected chi connectivity index (χ3v) is 7.21. The van der Waals surface area contributed by atoms with E-state index in [9.17, 15) is 0 Å². The topological polar surface area (TPSA) is 0 Å². The molecular formula is C52H80. The maximum atomic E-state index is 2.33. The van der Waals surface area contributed by atoms with E-state index in [1.807, 2.05) is 41.5 Å². The van der Waals surface area contributed by atoms with E-state index in [0.29, 0.717) is 5.41 Å². The second-order valence-electron chi connectivity index (χ2n) is 14.1. The van der Waals surface area contributed by atoms with E-state index in [2.05, 4.69) is 180 Å². The number of rotatable bonds is 4. The lowest BCUT2D eigenvalue weighted by atomic mass is 9.86. The SMILES string of the molecule is C.C.CC.CC.CC.CC(C)(C)C.CC(C)=C/C=C(\C)c1ccc2c(-c3c(C)ccc4cc(-c5ccc(C)cc5)ccc34)c(C)ccc2c1.CCC. The molecule has 0 fully saturated rings. The maximum absolute atomic E-state index is 2.33. The van der Waals surface area contributed by atoms with Gasteiger partial charge in [-0.15, -0.1) is 0 Å². The highest BCUT2D eigenvalue weighted by Crippen LogP contribution is 2.40. The molecule has 0 nitrogen and oxygen atoms in total. The van der Waals surface area contributed by atoms with Gasteiger partial charge in [0, 0.05) is 0 Å². The van der Waals surface area contributed by atoms with Gasteiger partial charge in [-0.3, -0.25) is 0 Å². The smallest absolute Gasteiger partial charge is 0.00672 e. The van der Waals surface area contributed by atoms with E-state index in [1.165, 1.54) is 83.6 Å². The Labute approximate surface area is 324 Å². The van der Waals surface area contributed by atoms with Gasteiger partial charge in [0.2, 0.25) is 0 Å². The molecule has 0 aromatic heterocycles. The molecule has 0 aliphatic rings. The molecule has 5 rings (SSSR count). The molecule has 0 saturated carbocycles. The van der Waals surface area contributed by atoms with Gasteiger partial charge in [0.15, 0.2) is 0 Å². The van der Waals surface area contributed by atoms with Crippen molar-refractivity contribution in [2.75, 3.05) is 0 Å². The molecule has 0 unspecified atom stereocenters. The highest BCUT2D eigenvalue weighted by Gasteiger charge is 2.15. The Hall–Kier alpha value is -3.90. The molecular weight excluding hydrogens is 625 g/mol. The predicted octanol–water partition coefficient (Wildman–Crippen LogP) is 18.4.